The highest BCUT2D eigenvalue weighted by Crippen LogP contribution is 2.39. The maximum Gasteiger partial charge on any atom is 0.272 e. The quantitative estimate of drug-likeness (QED) is 0.696. The minimum absolute atomic E-state index is 0.174. The molecule has 29 heavy (non-hydrogen) atoms. The first-order chi connectivity index (χ1) is 14.0. The molecule has 0 unspecified atom stereocenters. The zero-order valence-electron chi connectivity index (χ0n) is 16.5. The number of rotatable bonds is 7. The fourth-order valence-electron chi connectivity index (χ4n) is 3.08. The Labute approximate surface area is 173 Å². The lowest BCUT2D eigenvalue weighted by molar-refractivity contribution is -0.120. The number of nitrogens with one attached hydrogen (secondary N) is 1. The lowest BCUT2D eigenvalue weighted by Gasteiger charge is -2.16. The van der Waals surface area contributed by atoms with Crippen LogP contribution in [0.25, 0.3) is 5.57 Å². The van der Waals surface area contributed by atoms with Crippen LogP contribution in [0.2, 0.25) is 0 Å². The van der Waals surface area contributed by atoms with Crippen molar-refractivity contribution in [2.75, 3.05) is 22.6 Å². The van der Waals surface area contributed by atoms with E-state index in [0.29, 0.717) is 45.5 Å². The Hall–Kier alpha value is -3.06. The van der Waals surface area contributed by atoms with Crippen molar-refractivity contribution < 1.29 is 19.1 Å². The number of hydrogen-bond donors (Lipinski definition) is 1. The Morgan fingerprint density at radius 2 is 1.79 bits per heavy atom. The summed E-state index contributed by atoms with van der Waals surface area (Å²) >= 11 is 1.35. The highest BCUT2D eigenvalue weighted by atomic mass is 32.2. The van der Waals surface area contributed by atoms with Gasteiger partial charge in [0, 0.05) is 18.7 Å². The summed E-state index contributed by atoms with van der Waals surface area (Å²) in [5.74, 6) is 0.382. The van der Waals surface area contributed by atoms with Crippen LogP contribution in [0.1, 0.15) is 26.3 Å². The van der Waals surface area contributed by atoms with Gasteiger partial charge in [0.1, 0.15) is 5.75 Å². The Bertz CT molecular complexity index is 983. The van der Waals surface area contributed by atoms with E-state index in [0.717, 1.165) is 0 Å². The summed E-state index contributed by atoms with van der Waals surface area (Å²) in [6.07, 6.45) is 0. The number of hydrogen-bond acceptors (Lipinski definition) is 5. The fraction of sp³-hybridized carbons (Fsp3) is 0.227. The SMILES string of the molecule is CCOc1cccc(N2C(=O)C(SCC)=C(c3ccc(NC(C)=O)cc3)C2=O)c1. The van der Waals surface area contributed by atoms with Crippen molar-refractivity contribution in [2.24, 2.45) is 0 Å². The number of carbonyl (C=O) groups excluding carboxylic acids is 3. The minimum atomic E-state index is -0.369. The van der Waals surface area contributed by atoms with Gasteiger partial charge in [-0.1, -0.05) is 25.1 Å². The van der Waals surface area contributed by atoms with Gasteiger partial charge in [-0.05, 0) is 42.5 Å². The van der Waals surface area contributed by atoms with Gasteiger partial charge in [-0.3, -0.25) is 14.4 Å². The normalized spacial score (nSPS) is 13.8. The second-order valence-corrected chi connectivity index (χ2v) is 7.55. The maximum absolute atomic E-state index is 13.3. The molecule has 1 N–H and O–H groups in total. The Morgan fingerprint density at radius 3 is 2.41 bits per heavy atom. The second kappa shape index (κ2) is 8.96. The predicted octanol–water partition coefficient (Wildman–Crippen LogP) is 4.08. The number of ether oxygens (including phenoxy) is 1. The van der Waals surface area contributed by atoms with Gasteiger partial charge in [0.2, 0.25) is 5.91 Å². The molecule has 3 rings (SSSR count). The Kier molecular flexibility index (Phi) is 6.39. The van der Waals surface area contributed by atoms with E-state index in [1.54, 1.807) is 48.5 Å². The van der Waals surface area contributed by atoms with Gasteiger partial charge >= 0.3 is 0 Å². The number of anilines is 2. The molecule has 0 aliphatic carbocycles. The van der Waals surface area contributed by atoms with Crippen LogP contribution in [-0.4, -0.2) is 30.1 Å². The van der Waals surface area contributed by atoms with E-state index in [1.165, 1.54) is 23.6 Å². The molecule has 3 amide bonds. The summed E-state index contributed by atoms with van der Waals surface area (Å²) in [7, 11) is 0. The molecule has 0 bridgehead atoms. The molecule has 0 saturated heterocycles. The van der Waals surface area contributed by atoms with Crippen LogP contribution in [-0.2, 0) is 14.4 Å². The number of nitrogens with zero attached hydrogens (tertiary/aromatic N) is 1. The number of amides is 3. The molecule has 0 aromatic heterocycles. The summed E-state index contributed by atoms with van der Waals surface area (Å²) in [5, 5.41) is 2.70. The van der Waals surface area contributed by atoms with Crippen molar-refractivity contribution >= 4 is 46.4 Å². The third-order valence-corrected chi connectivity index (χ3v) is 5.17. The van der Waals surface area contributed by atoms with Crippen LogP contribution in [0.15, 0.2) is 53.4 Å². The van der Waals surface area contributed by atoms with Gasteiger partial charge in [0.05, 0.1) is 22.8 Å². The predicted molar refractivity (Wildman–Crippen MR) is 116 cm³/mol. The first-order valence-electron chi connectivity index (χ1n) is 9.33. The van der Waals surface area contributed by atoms with Crippen molar-refractivity contribution in [1.82, 2.24) is 0 Å². The largest absolute Gasteiger partial charge is 0.494 e. The third kappa shape index (κ3) is 4.35. The van der Waals surface area contributed by atoms with Crippen molar-refractivity contribution in [1.29, 1.82) is 0 Å². The average Bonchev–Trinajstić information content (AvgIpc) is 2.93. The Morgan fingerprint density at radius 1 is 1.07 bits per heavy atom. The smallest absolute Gasteiger partial charge is 0.272 e. The van der Waals surface area contributed by atoms with Gasteiger partial charge in [0.25, 0.3) is 11.8 Å². The molecule has 0 saturated carbocycles. The molecular weight excluding hydrogens is 388 g/mol. The number of imide groups is 1. The van der Waals surface area contributed by atoms with E-state index in [4.69, 9.17) is 4.74 Å². The molecule has 0 spiro atoms. The van der Waals surface area contributed by atoms with Crippen molar-refractivity contribution in [2.45, 2.75) is 20.8 Å². The van der Waals surface area contributed by atoms with Crippen molar-refractivity contribution in [3.05, 3.63) is 59.0 Å². The fourth-order valence-corrected chi connectivity index (χ4v) is 3.93. The van der Waals surface area contributed by atoms with E-state index >= 15 is 0 Å². The van der Waals surface area contributed by atoms with E-state index in [9.17, 15) is 14.4 Å². The molecule has 2 aromatic carbocycles. The molecule has 0 fully saturated rings. The molecule has 6 nitrogen and oxygen atoms in total. The molecule has 0 radical (unpaired) electrons. The van der Waals surface area contributed by atoms with Crippen LogP contribution >= 0.6 is 11.8 Å². The third-order valence-electron chi connectivity index (χ3n) is 4.21. The molecule has 0 atom stereocenters. The van der Waals surface area contributed by atoms with Gasteiger partial charge < -0.3 is 10.1 Å². The van der Waals surface area contributed by atoms with Gasteiger partial charge in [-0.2, -0.15) is 0 Å². The second-order valence-electron chi connectivity index (χ2n) is 6.27. The molecule has 1 aliphatic heterocycles. The first-order valence-corrected chi connectivity index (χ1v) is 10.3. The highest BCUT2D eigenvalue weighted by molar-refractivity contribution is 8.04. The molecule has 1 heterocycles. The summed E-state index contributed by atoms with van der Waals surface area (Å²) < 4.78 is 5.50. The van der Waals surface area contributed by atoms with E-state index in [2.05, 4.69) is 5.32 Å². The summed E-state index contributed by atoms with van der Waals surface area (Å²) in [5.41, 5.74) is 2.12. The first kappa shape index (κ1) is 20.7. The summed E-state index contributed by atoms with van der Waals surface area (Å²) in [4.78, 5) is 39.2. The van der Waals surface area contributed by atoms with Gasteiger partial charge in [0.15, 0.2) is 0 Å². The van der Waals surface area contributed by atoms with Crippen molar-refractivity contribution in [3.63, 3.8) is 0 Å². The molecule has 150 valence electrons. The zero-order valence-corrected chi connectivity index (χ0v) is 17.3. The number of benzene rings is 2. The van der Waals surface area contributed by atoms with Crippen LogP contribution in [0, 0.1) is 0 Å². The van der Waals surface area contributed by atoms with E-state index in [1.807, 2.05) is 13.8 Å². The number of carbonyl (C=O) groups is 3. The lowest BCUT2D eigenvalue weighted by Crippen LogP contribution is -2.31. The maximum atomic E-state index is 13.3. The van der Waals surface area contributed by atoms with Gasteiger partial charge in [-0.15, -0.1) is 11.8 Å². The summed E-state index contributed by atoms with van der Waals surface area (Å²) in [6.45, 7) is 5.73. The molecular formula is C22H22N2O4S. The minimum Gasteiger partial charge on any atom is -0.494 e. The average molecular weight is 410 g/mol. The standard InChI is InChI=1S/C22H22N2O4S/c1-4-28-18-8-6-7-17(13-18)24-21(26)19(20(22(24)27)29-5-2)15-9-11-16(12-10-15)23-14(3)25/h6-13H,4-5H2,1-3H3,(H,23,25). The van der Waals surface area contributed by atoms with Crippen LogP contribution in [0.4, 0.5) is 11.4 Å². The number of thioether (sulfide) groups is 1. The summed E-state index contributed by atoms with van der Waals surface area (Å²) in [6, 6.07) is 13.9. The molecule has 7 heteroatoms. The van der Waals surface area contributed by atoms with Crippen LogP contribution in [0.3, 0.4) is 0 Å². The monoisotopic (exact) mass is 410 g/mol. The van der Waals surface area contributed by atoms with Crippen LogP contribution < -0.4 is 15.0 Å². The van der Waals surface area contributed by atoms with Gasteiger partial charge in [-0.25, -0.2) is 4.90 Å². The van der Waals surface area contributed by atoms with E-state index < -0.39 is 0 Å². The van der Waals surface area contributed by atoms with E-state index in [-0.39, 0.29) is 17.7 Å². The zero-order chi connectivity index (χ0) is 21.0. The highest BCUT2D eigenvalue weighted by Gasteiger charge is 2.40. The Balaban J connectivity index is 1.99. The molecule has 2 aromatic rings. The molecule has 1 aliphatic rings. The van der Waals surface area contributed by atoms with Crippen molar-refractivity contribution in [3.8, 4) is 5.75 Å². The van der Waals surface area contributed by atoms with Crippen LogP contribution in [0.5, 0.6) is 5.75 Å². The lowest BCUT2D eigenvalue weighted by atomic mass is 10.1. The topological polar surface area (TPSA) is 75.7 Å².